The van der Waals surface area contributed by atoms with Crippen LogP contribution in [0.5, 0.6) is 5.75 Å². The van der Waals surface area contributed by atoms with E-state index in [0.29, 0.717) is 5.92 Å². The first-order valence-electron chi connectivity index (χ1n) is 4.20. The number of para-hydroxylation sites is 1. The average Bonchev–Trinajstić information content (AvgIpc) is 2.07. The number of ether oxygens (including phenoxy) is 1. The molecular weight excluding hydrogens is 172 g/mol. The van der Waals surface area contributed by atoms with E-state index >= 15 is 0 Å². The normalized spacial score (nSPS) is 21.3. The zero-order valence-electron chi connectivity index (χ0n) is 7.01. The van der Waals surface area contributed by atoms with Crippen molar-refractivity contribution in [3.63, 3.8) is 0 Å². The molecule has 1 aromatic carbocycles. The zero-order valence-corrected chi connectivity index (χ0v) is 7.77. The van der Waals surface area contributed by atoms with Gasteiger partial charge in [0.25, 0.3) is 0 Å². The van der Waals surface area contributed by atoms with Gasteiger partial charge >= 0.3 is 0 Å². The first-order valence-corrected chi connectivity index (χ1v) is 4.58. The van der Waals surface area contributed by atoms with Gasteiger partial charge in [0.15, 0.2) is 0 Å². The SMILES string of the molecule is C[C@@H]1CCOc2c(Cl)cccc21. The van der Waals surface area contributed by atoms with Crippen molar-refractivity contribution in [2.75, 3.05) is 6.61 Å². The molecule has 0 amide bonds. The predicted octanol–water partition coefficient (Wildman–Crippen LogP) is 3.23. The van der Waals surface area contributed by atoms with Crippen LogP contribution in [-0.4, -0.2) is 6.61 Å². The fourth-order valence-electron chi connectivity index (χ4n) is 1.56. The standard InChI is InChI=1S/C10H11ClO/c1-7-5-6-12-10-8(7)3-2-4-9(10)11/h2-4,7H,5-6H2,1H3/t7-/m1/s1. The van der Waals surface area contributed by atoms with Gasteiger partial charge in [-0.05, 0) is 24.0 Å². The summed E-state index contributed by atoms with van der Waals surface area (Å²) < 4.78 is 5.49. The third kappa shape index (κ3) is 1.18. The quantitative estimate of drug-likeness (QED) is 0.599. The molecule has 2 heteroatoms. The first kappa shape index (κ1) is 7.93. The third-order valence-corrected chi connectivity index (χ3v) is 2.62. The highest BCUT2D eigenvalue weighted by molar-refractivity contribution is 6.32. The van der Waals surface area contributed by atoms with Gasteiger partial charge in [0.05, 0.1) is 11.6 Å². The Morgan fingerprint density at radius 3 is 3.08 bits per heavy atom. The smallest absolute Gasteiger partial charge is 0.141 e. The monoisotopic (exact) mass is 182 g/mol. The van der Waals surface area contributed by atoms with Crippen molar-refractivity contribution in [2.45, 2.75) is 19.3 Å². The molecule has 64 valence electrons. The number of rotatable bonds is 0. The van der Waals surface area contributed by atoms with Crippen LogP contribution in [-0.2, 0) is 0 Å². The largest absolute Gasteiger partial charge is 0.492 e. The summed E-state index contributed by atoms with van der Waals surface area (Å²) in [6.07, 6.45) is 1.09. The van der Waals surface area contributed by atoms with E-state index in [0.717, 1.165) is 23.8 Å². The van der Waals surface area contributed by atoms with Crippen LogP contribution in [0.4, 0.5) is 0 Å². The molecule has 0 unspecified atom stereocenters. The van der Waals surface area contributed by atoms with Crippen LogP contribution in [0.3, 0.4) is 0 Å². The minimum Gasteiger partial charge on any atom is -0.492 e. The van der Waals surface area contributed by atoms with Crippen LogP contribution >= 0.6 is 11.6 Å². The van der Waals surface area contributed by atoms with Crippen LogP contribution in [0, 0.1) is 0 Å². The van der Waals surface area contributed by atoms with Crippen molar-refractivity contribution >= 4 is 11.6 Å². The predicted molar refractivity (Wildman–Crippen MR) is 50.0 cm³/mol. The van der Waals surface area contributed by atoms with Gasteiger partial charge in [-0.1, -0.05) is 30.7 Å². The van der Waals surface area contributed by atoms with Gasteiger partial charge < -0.3 is 4.74 Å². The fraction of sp³-hybridized carbons (Fsp3) is 0.400. The lowest BCUT2D eigenvalue weighted by Gasteiger charge is -2.23. The van der Waals surface area contributed by atoms with E-state index in [9.17, 15) is 0 Å². The van der Waals surface area contributed by atoms with E-state index in [1.54, 1.807) is 0 Å². The Balaban J connectivity index is 2.52. The lowest BCUT2D eigenvalue weighted by molar-refractivity contribution is 0.272. The molecule has 0 spiro atoms. The Kier molecular flexibility index (Phi) is 1.97. The molecule has 0 aromatic heterocycles. The topological polar surface area (TPSA) is 9.23 Å². The average molecular weight is 183 g/mol. The van der Waals surface area contributed by atoms with Crippen LogP contribution < -0.4 is 4.74 Å². The summed E-state index contributed by atoms with van der Waals surface area (Å²) in [6.45, 7) is 3.00. The molecule has 0 N–H and O–H groups in total. The molecule has 0 aliphatic carbocycles. The van der Waals surface area contributed by atoms with Crippen molar-refractivity contribution in [1.29, 1.82) is 0 Å². The number of hydrogen-bond donors (Lipinski definition) is 0. The Morgan fingerprint density at radius 2 is 2.33 bits per heavy atom. The maximum atomic E-state index is 5.98. The summed E-state index contributed by atoms with van der Waals surface area (Å²) in [5.74, 6) is 1.46. The van der Waals surface area contributed by atoms with E-state index in [1.165, 1.54) is 5.56 Å². The van der Waals surface area contributed by atoms with Gasteiger partial charge in [-0.3, -0.25) is 0 Å². The van der Waals surface area contributed by atoms with Crippen molar-refractivity contribution in [1.82, 2.24) is 0 Å². The Labute approximate surface area is 77.3 Å². The highest BCUT2D eigenvalue weighted by Crippen LogP contribution is 2.38. The summed E-state index contributed by atoms with van der Waals surface area (Å²) in [6, 6.07) is 5.94. The second-order valence-corrected chi connectivity index (χ2v) is 3.60. The van der Waals surface area contributed by atoms with Crippen molar-refractivity contribution in [3.8, 4) is 5.75 Å². The molecule has 1 aromatic rings. The third-order valence-electron chi connectivity index (χ3n) is 2.33. The highest BCUT2D eigenvalue weighted by atomic mass is 35.5. The van der Waals surface area contributed by atoms with E-state index in [-0.39, 0.29) is 0 Å². The maximum Gasteiger partial charge on any atom is 0.141 e. The van der Waals surface area contributed by atoms with E-state index in [4.69, 9.17) is 16.3 Å². The molecule has 1 aliphatic rings. The first-order chi connectivity index (χ1) is 5.79. The molecule has 0 saturated heterocycles. The molecule has 0 fully saturated rings. The molecule has 1 aliphatic heterocycles. The molecule has 0 bridgehead atoms. The second kappa shape index (κ2) is 2.98. The summed E-state index contributed by atoms with van der Waals surface area (Å²) >= 11 is 5.98. The number of halogens is 1. The summed E-state index contributed by atoms with van der Waals surface area (Å²) in [5, 5.41) is 0.735. The molecule has 0 radical (unpaired) electrons. The Hall–Kier alpha value is -0.690. The molecule has 1 heterocycles. The van der Waals surface area contributed by atoms with Crippen molar-refractivity contribution in [3.05, 3.63) is 28.8 Å². The summed E-state index contributed by atoms with van der Waals surface area (Å²) in [7, 11) is 0. The van der Waals surface area contributed by atoms with Gasteiger partial charge in [-0.25, -0.2) is 0 Å². The highest BCUT2D eigenvalue weighted by Gasteiger charge is 2.18. The Bertz CT molecular complexity index is 296. The van der Waals surface area contributed by atoms with Gasteiger partial charge in [-0.15, -0.1) is 0 Å². The second-order valence-electron chi connectivity index (χ2n) is 3.20. The zero-order chi connectivity index (χ0) is 8.55. The number of benzene rings is 1. The summed E-state index contributed by atoms with van der Waals surface area (Å²) in [5.41, 5.74) is 1.24. The summed E-state index contributed by atoms with van der Waals surface area (Å²) in [4.78, 5) is 0. The molecule has 1 nitrogen and oxygen atoms in total. The fourth-order valence-corrected chi connectivity index (χ4v) is 1.80. The van der Waals surface area contributed by atoms with Gasteiger partial charge in [0.2, 0.25) is 0 Å². The minimum absolute atomic E-state index is 0.576. The van der Waals surface area contributed by atoms with Gasteiger partial charge in [0, 0.05) is 0 Å². The molecule has 0 saturated carbocycles. The van der Waals surface area contributed by atoms with Crippen LogP contribution in [0.15, 0.2) is 18.2 Å². The number of fused-ring (bicyclic) bond motifs is 1. The number of hydrogen-bond acceptors (Lipinski definition) is 1. The van der Waals surface area contributed by atoms with Gasteiger partial charge in [0.1, 0.15) is 5.75 Å². The van der Waals surface area contributed by atoms with E-state index in [1.807, 2.05) is 12.1 Å². The molecule has 2 rings (SSSR count). The molecule has 1 atom stereocenters. The van der Waals surface area contributed by atoms with Crippen molar-refractivity contribution in [2.24, 2.45) is 0 Å². The van der Waals surface area contributed by atoms with Crippen LogP contribution in [0.2, 0.25) is 5.02 Å². The van der Waals surface area contributed by atoms with Crippen LogP contribution in [0.1, 0.15) is 24.8 Å². The Morgan fingerprint density at radius 1 is 1.50 bits per heavy atom. The lowest BCUT2D eigenvalue weighted by Crippen LogP contribution is -2.11. The molecule has 12 heavy (non-hydrogen) atoms. The minimum atomic E-state index is 0.576. The van der Waals surface area contributed by atoms with Crippen LogP contribution in [0.25, 0.3) is 0 Å². The van der Waals surface area contributed by atoms with E-state index < -0.39 is 0 Å². The van der Waals surface area contributed by atoms with Gasteiger partial charge in [-0.2, -0.15) is 0 Å². The van der Waals surface area contributed by atoms with Crippen molar-refractivity contribution < 1.29 is 4.74 Å². The molecular formula is C10H11ClO. The van der Waals surface area contributed by atoms with E-state index in [2.05, 4.69) is 13.0 Å². The lowest BCUT2D eigenvalue weighted by atomic mass is 9.95. The maximum absolute atomic E-state index is 5.98.